The molecule has 3 unspecified atom stereocenters. The van der Waals surface area contributed by atoms with E-state index in [1.807, 2.05) is 0 Å². The van der Waals surface area contributed by atoms with E-state index in [1.165, 1.54) is 25.7 Å². The van der Waals surface area contributed by atoms with Crippen LogP contribution in [0.25, 0.3) is 0 Å². The molecule has 0 aliphatic rings. The lowest BCUT2D eigenvalue weighted by molar-refractivity contribution is -0.161. The van der Waals surface area contributed by atoms with Gasteiger partial charge in [0, 0.05) is 12.8 Å². The Morgan fingerprint density at radius 3 is 1.53 bits per heavy atom. The number of esters is 2. The van der Waals surface area contributed by atoms with Gasteiger partial charge >= 0.3 is 25.7 Å². The Morgan fingerprint density at radius 1 is 0.582 bits per heavy atom. The van der Waals surface area contributed by atoms with Crippen molar-refractivity contribution in [2.75, 3.05) is 19.8 Å². The number of aliphatic carboxylic acids is 1. The molecule has 0 aromatic heterocycles. The Bertz CT molecular complexity index is 1170. The number of carboxylic acids is 1. The third-order valence-electron chi connectivity index (χ3n) is 8.50. The highest BCUT2D eigenvalue weighted by atomic mass is 31.2. The zero-order valence-corrected chi connectivity index (χ0v) is 34.9. The summed E-state index contributed by atoms with van der Waals surface area (Å²) in [7, 11) is -4.72. The molecule has 316 valence electrons. The molecule has 12 heteroatoms. The standard InChI is InChI=1S/C43H74NO10P/c1-3-5-7-9-11-13-15-17-19-21-22-24-26-28-30-32-34-41(45)51-36-39(37-52-55(49,50)53-38-40(44)43(47)48)54-42(46)35-33-31-29-27-25-23-20-18-16-14-12-10-8-6-4-2/h6,8,12-15,18-21,39-40H,3-5,7,9-11,16-17,22-38,44H2,1-2H3,(H,47,48)(H,49,50)/b8-6-,14-12-,15-13-,20-18-,21-19-. The third-order valence-corrected chi connectivity index (χ3v) is 9.45. The van der Waals surface area contributed by atoms with E-state index in [0.717, 1.165) is 96.3 Å². The van der Waals surface area contributed by atoms with Gasteiger partial charge in [0.15, 0.2) is 6.10 Å². The Balaban J connectivity index is 4.45. The Kier molecular flexibility index (Phi) is 36.1. The lowest BCUT2D eigenvalue weighted by atomic mass is 10.1. The van der Waals surface area contributed by atoms with Gasteiger partial charge in [-0.2, -0.15) is 0 Å². The number of carbonyl (C=O) groups excluding carboxylic acids is 2. The molecule has 0 rings (SSSR count). The molecule has 0 aromatic carbocycles. The van der Waals surface area contributed by atoms with Crippen LogP contribution in [0.15, 0.2) is 60.8 Å². The quantitative estimate of drug-likeness (QED) is 0.0235. The van der Waals surface area contributed by atoms with E-state index in [2.05, 4.69) is 79.1 Å². The molecule has 0 saturated carbocycles. The Morgan fingerprint density at radius 2 is 1.02 bits per heavy atom. The lowest BCUT2D eigenvalue weighted by Gasteiger charge is -2.20. The summed E-state index contributed by atoms with van der Waals surface area (Å²) in [5, 5.41) is 8.88. The van der Waals surface area contributed by atoms with Crippen LogP contribution in [0.3, 0.4) is 0 Å². The smallest absolute Gasteiger partial charge is 0.472 e. The van der Waals surface area contributed by atoms with Crippen LogP contribution in [0.4, 0.5) is 0 Å². The predicted octanol–water partition coefficient (Wildman–Crippen LogP) is 10.8. The number of hydrogen-bond donors (Lipinski definition) is 3. The maximum atomic E-state index is 12.6. The maximum absolute atomic E-state index is 12.6. The Hall–Kier alpha value is -2.82. The number of rotatable bonds is 38. The van der Waals surface area contributed by atoms with Crippen molar-refractivity contribution in [3.05, 3.63) is 60.8 Å². The fraction of sp³-hybridized carbons (Fsp3) is 0.698. The summed E-state index contributed by atoms with van der Waals surface area (Å²) in [6, 6.07) is -1.53. The zero-order valence-electron chi connectivity index (χ0n) is 34.0. The van der Waals surface area contributed by atoms with Crippen LogP contribution >= 0.6 is 7.82 Å². The number of nitrogens with two attached hydrogens (primary N) is 1. The van der Waals surface area contributed by atoms with Crippen LogP contribution in [0.5, 0.6) is 0 Å². The summed E-state index contributed by atoms with van der Waals surface area (Å²) in [6.07, 6.45) is 42.8. The molecule has 4 N–H and O–H groups in total. The lowest BCUT2D eigenvalue weighted by Crippen LogP contribution is -2.34. The number of carboxylic acid groups (broad SMARTS) is 1. The van der Waals surface area contributed by atoms with E-state index >= 15 is 0 Å². The van der Waals surface area contributed by atoms with Crippen LogP contribution in [0.1, 0.15) is 162 Å². The van der Waals surface area contributed by atoms with Crippen molar-refractivity contribution in [2.24, 2.45) is 5.73 Å². The van der Waals surface area contributed by atoms with Crippen molar-refractivity contribution in [3.63, 3.8) is 0 Å². The number of allylic oxidation sites excluding steroid dienone is 10. The number of phosphoric acid groups is 1. The van der Waals surface area contributed by atoms with Crippen molar-refractivity contribution in [1.82, 2.24) is 0 Å². The highest BCUT2D eigenvalue weighted by Crippen LogP contribution is 2.43. The van der Waals surface area contributed by atoms with Crippen LogP contribution in [-0.2, 0) is 37.5 Å². The number of phosphoric ester groups is 1. The molecule has 0 aliphatic carbocycles. The van der Waals surface area contributed by atoms with Gasteiger partial charge < -0.3 is 25.2 Å². The van der Waals surface area contributed by atoms with Gasteiger partial charge in [-0.05, 0) is 77.0 Å². The molecule has 0 spiro atoms. The zero-order chi connectivity index (χ0) is 40.7. The summed E-state index contributed by atoms with van der Waals surface area (Å²) < 4.78 is 32.6. The molecule has 0 bridgehead atoms. The molecular weight excluding hydrogens is 721 g/mol. The van der Waals surface area contributed by atoms with Gasteiger partial charge in [-0.25, -0.2) is 4.57 Å². The summed E-state index contributed by atoms with van der Waals surface area (Å²) in [6.45, 7) is 2.62. The van der Waals surface area contributed by atoms with Crippen LogP contribution < -0.4 is 5.73 Å². The topological polar surface area (TPSA) is 172 Å². The van der Waals surface area contributed by atoms with Crippen molar-refractivity contribution in [1.29, 1.82) is 0 Å². The van der Waals surface area contributed by atoms with Gasteiger partial charge in [0.05, 0.1) is 13.2 Å². The van der Waals surface area contributed by atoms with Crippen molar-refractivity contribution >= 4 is 25.7 Å². The van der Waals surface area contributed by atoms with E-state index in [1.54, 1.807) is 0 Å². The molecule has 55 heavy (non-hydrogen) atoms. The molecule has 0 aliphatic heterocycles. The van der Waals surface area contributed by atoms with Crippen LogP contribution in [0.2, 0.25) is 0 Å². The largest absolute Gasteiger partial charge is 0.480 e. The van der Waals surface area contributed by atoms with Crippen molar-refractivity contribution in [3.8, 4) is 0 Å². The second-order valence-electron chi connectivity index (χ2n) is 13.7. The van der Waals surface area contributed by atoms with Gasteiger partial charge in [0.2, 0.25) is 0 Å². The average molecular weight is 796 g/mol. The van der Waals surface area contributed by atoms with Crippen molar-refractivity contribution < 1.29 is 47.5 Å². The summed E-state index contributed by atoms with van der Waals surface area (Å²) in [4.78, 5) is 45.9. The first kappa shape index (κ1) is 52.2. The first-order valence-corrected chi connectivity index (χ1v) is 22.3. The van der Waals surface area contributed by atoms with E-state index in [9.17, 15) is 23.8 Å². The van der Waals surface area contributed by atoms with Gasteiger partial charge in [-0.1, -0.05) is 132 Å². The number of unbranched alkanes of at least 4 members (excludes halogenated alkanes) is 14. The fourth-order valence-electron chi connectivity index (χ4n) is 5.23. The minimum Gasteiger partial charge on any atom is -0.480 e. The second kappa shape index (κ2) is 38.1. The number of carbonyl (C=O) groups is 3. The third kappa shape index (κ3) is 37.9. The monoisotopic (exact) mass is 796 g/mol. The molecule has 0 fully saturated rings. The minimum atomic E-state index is -4.72. The molecule has 0 radical (unpaired) electrons. The van der Waals surface area contributed by atoms with E-state index < -0.39 is 51.1 Å². The summed E-state index contributed by atoms with van der Waals surface area (Å²) in [5.74, 6) is -2.43. The molecule has 0 aromatic rings. The summed E-state index contributed by atoms with van der Waals surface area (Å²) >= 11 is 0. The van der Waals surface area contributed by atoms with Crippen LogP contribution in [-0.4, -0.2) is 59.9 Å². The highest BCUT2D eigenvalue weighted by Gasteiger charge is 2.28. The SMILES string of the molecule is CC/C=C\C/C=C\C/C=C\CCCCCCCC(=O)OC(COC(=O)CCCCCCC/C=C\C/C=C\CCCCCC)COP(=O)(O)OCC(N)C(=O)O. The normalized spacial score (nSPS) is 14.4. The first-order chi connectivity index (χ1) is 26.6. The van der Waals surface area contributed by atoms with Gasteiger partial charge in [-0.15, -0.1) is 0 Å². The molecule has 3 atom stereocenters. The highest BCUT2D eigenvalue weighted by molar-refractivity contribution is 7.47. The van der Waals surface area contributed by atoms with Crippen LogP contribution in [0, 0.1) is 0 Å². The Labute approximate surface area is 332 Å². The number of ether oxygens (including phenoxy) is 2. The van der Waals surface area contributed by atoms with Gasteiger partial charge in [0.1, 0.15) is 12.6 Å². The van der Waals surface area contributed by atoms with E-state index in [0.29, 0.717) is 12.8 Å². The molecular formula is C43H74NO10P. The molecule has 0 amide bonds. The van der Waals surface area contributed by atoms with Gasteiger partial charge in [0.25, 0.3) is 0 Å². The van der Waals surface area contributed by atoms with E-state index in [4.69, 9.17) is 24.8 Å². The number of hydrogen-bond acceptors (Lipinski definition) is 9. The minimum absolute atomic E-state index is 0.136. The van der Waals surface area contributed by atoms with E-state index in [-0.39, 0.29) is 19.4 Å². The molecule has 11 nitrogen and oxygen atoms in total. The molecule has 0 saturated heterocycles. The van der Waals surface area contributed by atoms with Crippen molar-refractivity contribution in [2.45, 2.75) is 174 Å². The van der Waals surface area contributed by atoms with Gasteiger partial charge in [-0.3, -0.25) is 23.4 Å². The fourth-order valence-corrected chi connectivity index (χ4v) is 6.00. The second-order valence-corrected chi connectivity index (χ2v) is 15.2. The predicted molar refractivity (Wildman–Crippen MR) is 221 cm³/mol. The first-order valence-electron chi connectivity index (χ1n) is 20.8. The summed E-state index contributed by atoms with van der Waals surface area (Å²) in [5.41, 5.74) is 5.32. The molecule has 0 heterocycles. The average Bonchev–Trinajstić information content (AvgIpc) is 3.16. The maximum Gasteiger partial charge on any atom is 0.472 e.